The third kappa shape index (κ3) is 3.71. The van der Waals surface area contributed by atoms with E-state index in [1.54, 1.807) is 24.3 Å². The summed E-state index contributed by atoms with van der Waals surface area (Å²) < 4.78 is 0. The van der Waals surface area contributed by atoms with E-state index in [9.17, 15) is 4.79 Å². The van der Waals surface area contributed by atoms with E-state index in [-0.39, 0.29) is 11.7 Å². The van der Waals surface area contributed by atoms with Gasteiger partial charge in [0.1, 0.15) is 0 Å². The second-order valence-electron chi connectivity index (χ2n) is 4.97. The Kier molecular flexibility index (Phi) is 4.39. The molecule has 1 aliphatic carbocycles. The molecule has 0 aromatic heterocycles. The average Bonchev–Trinajstić information content (AvgIpc) is 2.90. The first-order valence-corrected chi connectivity index (χ1v) is 6.57. The lowest BCUT2D eigenvalue weighted by atomic mass is 10.0. The number of anilines is 1. The summed E-state index contributed by atoms with van der Waals surface area (Å²) >= 11 is 0. The lowest BCUT2D eigenvalue weighted by molar-refractivity contribution is -0.117. The monoisotopic (exact) mass is 261 g/mol. The van der Waals surface area contributed by atoms with Crippen molar-refractivity contribution in [2.75, 3.05) is 5.32 Å². The molecule has 0 bridgehead atoms. The van der Waals surface area contributed by atoms with Gasteiger partial charge in [0.15, 0.2) is 5.84 Å². The number of hydrogen-bond acceptors (Lipinski definition) is 3. The van der Waals surface area contributed by atoms with Crippen molar-refractivity contribution in [1.29, 1.82) is 0 Å². The molecule has 0 aliphatic heterocycles. The number of nitrogens with one attached hydrogen (secondary N) is 1. The summed E-state index contributed by atoms with van der Waals surface area (Å²) in [6, 6.07) is 6.97. The SMILES string of the molecule is N/C(=N/O)c1cccc(NC(=O)CC2CCCC2)c1. The second kappa shape index (κ2) is 6.22. The summed E-state index contributed by atoms with van der Waals surface area (Å²) in [6.07, 6.45) is 5.34. The molecule has 1 amide bonds. The highest BCUT2D eigenvalue weighted by molar-refractivity contribution is 5.99. The lowest BCUT2D eigenvalue weighted by Crippen LogP contribution is -2.17. The number of nitrogens with two attached hydrogens (primary N) is 1. The van der Waals surface area contributed by atoms with Crippen LogP contribution in [0.15, 0.2) is 29.4 Å². The molecule has 0 atom stereocenters. The smallest absolute Gasteiger partial charge is 0.224 e. The van der Waals surface area contributed by atoms with Gasteiger partial charge in [-0.05, 0) is 30.9 Å². The van der Waals surface area contributed by atoms with E-state index < -0.39 is 0 Å². The quantitative estimate of drug-likeness (QED) is 0.336. The van der Waals surface area contributed by atoms with Gasteiger partial charge >= 0.3 is 0 Å². The van der Waals surface area contributed by atoms with Gasteiger partial charge in [-0.1, -0.05) is 30.1 Å². The number of carbonyl (C=O) groups excluding carboxylic acids is 1. The molecule has 5 nitrogen and oxygen atoms in total. The van der Waals surface area contributed by atoms with Crippen LogP contribution in [0.5, 0.6) is 0 Å². The Morgan fingerprint density at radius 1 is 1.42 bits per heavy atom. The van der Waals surface area contributed by atoms with Crippen LogP contribution < -0.4 is 11.1 Å². The van der Waals surface area contributed by atoms with Crippen molar-refractivity contribution in [2.24, 2.45) is 16.8 Å². The maximum Gasteiger partial charge on any atom is 0.224 e. The minimum atomic E-state index is 0.0311. The number of hydrogen-bond donors (Lipinski definition) is 3. The van der Waals surface area contributed by atoms with Gasteiger partial charge in [-0.2, -0.15) is 0 Å². The highest BCUT2D eigenvalue weighted by atomic mass is 16.4. The number of carbonyl (C=O) groups is 1. The predicted octanol–water partition coefficient (Wildman–Crippen LogP) is 2.30. The fourth-order valence-corrected chi connectivity index (χ4v) is 2.50. The van der Waals surface area contributed by atoms with Gasteiger partial charge in [0.05, 0.1) is 0 Å². The number of rotatable bonds is 4. The van der Waals surface area contributed by atoms with Crippen LogP contribution >= 0.6 is 0 Å². The fourth-order valence-electron chi connectivity index (χ4n) is 2.50. The highest BCUT2D eigenvalue weighted by Gasteiger charge is 2.18. The Bertz CT molecular complexity index is 479. The normalized spacial score (nSPS) is 16.5. The minimum absolute atomic E-state index is 0.0311. The Morgan fingerprint density at radius 3 is 2.84 bits per heavy atom. The van der Waals surface area contributed by atoms with Crippen LogP contribution in [0, 0.1) is 5.92 Å². The van der Waals surface area contributed by atoms with Crippen LogP contribution in [0.3, 0.4) is 0 Å². The molecule has 1 aromatic rings. The summed E-state index contributed by atoms with van der Waals surface area (Å²) in [7, 11) is 0. The highest BCUT2D eigenvalue weighted by Crippen LogP contribution is 2.27. The van der Waals surface area contributed by atoms with Crippen LogP contribution in [-0.4, -0.2) is 17.0 Å². The van der Waals surface area contributed by atoms with Gasteiger partial charge in [0.25, 0.3) is 0 Å². The average molecular weight is 261 g/mol. The zero-order chi connectivity index (χ0) is 13.7. The molecule has 1 aromatic carbocycles. The van der Waals surface area contributed by atoms with Crippen molar-refractivity contribution in [3.05, 3.63) is 29.8 Å². The molecular weight excluding hydrogens is 242 g/mol. The van der Waals surface area contributed by atoms with Gasteiger partial charge in [0, 0.05) is 17.7 Å². The van der Waals surface area contributed by atoms with E-state index in [1.807, 2.05) is 0 Å². The number of benzene rings is 1. The first-order valence-electron chi connectivity index (χ1n) is 6.57. The molecule has 4 N–H and O–H groups in total. The number of amides is 1. The molecular formula is C14H19N3O2. The number of nitrogens with zero attached hydrogens (tertiary/aromatic N) is 1. The van der Waals surface area contributed by atoms with Gasteiger partial charge < -0.3 is 16.3 Å². The molecule has 1 aliphatic rings. The Morgan fingerprint density at radius 2 is 2.16 bits per heavy atom. The van der Waals surface area contributed by atoms with E-state index in [0.29, 0.717) is 23.6 Å². The van der Waals surface area contributed by atoms with Gasteiger partial charge in [-0.15, -0.1) is 0 Å². The summed E-state index contributed by atoms with van der Waals surface area (Å²) in [5.74, 6) is 0.586. The number of amidine groups is 1. The van der Waals surface area contributed by atoms with E-state index >= 15 is 0 Å². The molecule has 1 fully saturated rings. The molecule has 2 rings (SSSR count). The van der Waals surface area contributed by atoms with Crippen molar-refractivity contribution in [3.63, 3.8) is 0 Å². The molecule has 0 spiro atoms. The second-order valence-corrected chi connectivity index (χ2v) is 4.97. The topological polar surface area (TPSA) is 87.7 Å². The molecule has 0 saturated heterocycles. The van der Waals surface area contributed by atoms with Crippen LogP contribution in [-0.2, 0) is 4.79 Å². The van der Waals surface area contributed by atoms with Crippen LogP contribution in [0.2, 0.25) is 0 Å². The van der Waals surface area contributed by atoms with E-state index in [2.05, 4.69) is 10.5 Å². The van der Waals surface area contributed by atoms with E-state index in [0.717, 1.165) is 12.8 Å². The summed E-state index contributed by atoms with van der Waals surface area (Å²) in [5, 5.41) is 14.4. The Labute approximate surface area is 112 Å². The van der Waals surface area contributed by atoms with Crippen molar-refractivity contribution >= 4 is 17.4 Å². The molecule has 0 radical (unpaired) electrons. The third-order valence-corrected chi connectivity index (χ3v) is 3.50. The molecule has 5 heteroatoms. The molecule has 0 heterocycles. The standard InChI is InChI=1S/C14H19N3O2/c15-14(17-19)11-6-3-7-12(9-11)16-13(18)8-10-4-1-2-5-10/h3,6-7,9-10,19H,1-2,4-5,8H2,(H2,15,17)(H,16,18). The lowest BCUT2D eigenvalue weighted by Gasteiger charge is -2.10. The first kappa shape index (κ1) is 13.4. The summed E-state index contributed by atoms with van der Waals surface area (Å²) in [4.78, 5) is 11.9. The van der Waals surface area contributed by atoms with Crippen LogP contribution in [0.4, 0.5) is 5.69 Å². The van der Waals surface area contributed by atoms with Crippen molar-refractivity contribution in [2.45, 2.75) is 32.1 Å². The van der Waals surface area contributed by atoms with Gasteiger partial charge in [-0.25, -0.2) is 0 Å². The van der Waals surface area contributed by atoms with Crippen LogP contribution in [0.1, 0.15) is 37.7 Å². The Hall–Kier alpha value is -2.04. The van der Waals surface area contributed by atoms with Crippen molar-refractivity contribution in [3.8, 4) is 0 Å². The molecule has 19 heavy (non-hydrogen) atoms. The third-order valence-electron chi connectivity index (χ3n) is 3.50. The van der Waals surface area contributed by atoms with Gasteiger partial charge in [0.2, 0.25) is 5.91 Å². The molecule has 0 unspecified atom stereocenters. The van der Waals surface area contributed by atoms with Crippen molar-refractivity contribution in [1.82, 2.24) is 0 Å². The van der Waals surface area contributed by atoms with Crippen molar-refractivity contribution < 1.29 is 10.0 Å². The van der Waals surface area contributed by atoms with E-state index in [1.165, 1.54) is 12.8 Å². The predicted molar refractivity (Wildman–Crippen MR) is 74.2 cm³/mol. The Balaban J connectivity index is 1.96. The van der Waals surface area contributed by atoms with E-state index in [4.69, 9.17) is 10.9 Å². The minimum Gasteiger partial charge on any atom is -0.409 e. The zero-order valence-corrected chi connectivity index (χ0v) is 10.8. The zero-order valence-electron chi connectivity index (χ0n) is 10.8. The first-order chi connectivity index (χ1) is 9.19. The van der Waals surface area contributed by atoms with Crippen LogP contribution in [0.25, 0.3) is 0 Å². The number of oxime groups is 1. The summed E-state index contributed by atoms with van der Waals surface area (Å²) in [5.41, 5.74) is 6.77. The molecule has 102 valence electrons. The summed E-state index contributed by atoms with van der Waals surface area (Å²) in [6.45, 7) is 0. The largest absolute Gasteiger partial charge is 0.409 e. The van der Waals surface area contributed by atoms with Gasteiger partial charge in [-0.3, -0.25) is 4.79 Å². The maximum atomic E-state index is 11.9. The maximum absolute atomic E-state index is 11.9. The fraction of sp³-hybridized carbons (Fsp3) is 0.429. The molecule has 1 saturated carbocycles.